The monoisotopic (exact) mass is 354 g/mol. The van der Waals surface area contributed by atoms with E-state index < -0.39 is 0 Å². The highest BCUT2D eigenvalue weighted by atomic mass is 35.5. The van der Waals surface area contributed by atoms with Crippen LogP contribution in [-0.2, 0) is 4.79 Å². The molecule has 1 amide bonds. The van der Waals surface area contributed by atoms with Gasteiger partial charge in [-0.1, -0.05) is 50.2 Å². The zero-order chi connectivity index (χ0) is 18.0. The van der Waals surface area contributed by atoms with E-state index in [1.54, 1.807) is 0 Å². The minimum Gasteiger partial charge on any atom is -0.359 e. The topological polar surface area (TPSA) is 32.3 Å². The largest absolute Gasteiger partial charge is 0.359 e. The second kappa shape index (κ2) is 7.32. The van der Waals surface area contributed by atoms with Crippen molar-refractivity contribution in [3.05, 3.63) is 59.6 Å². The van der Waals surface area contributed by atoms with Crippen LogP contribution in [0.2, 0.25) is 5.02 Å². The van der Waals surface area contributed by atoms with E-state index in [1.807, 2.05) is 43.3 Å². The minimum atomic E-state index is -0.182. The van der Waals surface area contributed by atoms with Crippen LogP contribution in [0.15, 0.2) is 49.0 Å². The molecule has 0 fully saturated rings. The van der Waals surface area contributed by atoms with E-state index in [9.17, 15) is 4.79 Å². The molecule has 0 radical (unpaired) electrons. The minimum absolute atomic E-state index is 0.0371. The molecule has 0 aromatic heterocycles. The van der Waals surface area contributed by atoms with Gasteiger partial charge < -0.3 is 10.2 Å². The quantitative estimate of drug-likeness (QED) is 0.795. The van der Waals surface area contributed by atoms with Crippen LogP contribution in [0.3, 0.4) is 0 Å². The third kappa shape index (κ3) is 3.42. The molecule has 0 spiro atoms. The van der Waals surface area contributed by atoms with Gasteiger partial charge in [-0.2, -0.15) is 0 Å². The fourth-order valence-corrected chi connectivity index (χ4v) is 3.48. The van der Waals surface area contributed by atoms with Gasteiger partial charge in [0.25, 0.3) is 0 Å². The Labute approximate surface area is 154 Å². The fourth-order valence-electron chi connectivity index (χ4n) is 3.35. The molecule has 0 saturated heterocycles. The molecule has 130 valence electrons. The van der Waals surface area contributed by atoms with Crippen molar-refractivity contribution in [1.29, 1.82) is 0 Å². The Morgan fingerprint density at radius 1 is 1.12 bits per heavy atom. The summed E-state index contributed by atoms with van der Waals surface area (Å²) in [7, 11) is 0. The average Bonchev–Trinajstić information content (AvgIpc) is 2.71. The summed E-state index contributed by atoms with van der Waals surface area (Å²) in [6.07, 6.45) is 1.72. The van der Waals surface area contributed by atoms with Crippen LogP contribution in [-0.4, -0.2) is 23.4 Å². The maximum absolute atomic E-state index is 12.6. The first-order valence-corrected chi connectivity index (χ1v) is 9.09. The molecule has 1 aliphatic heterocycles. The van der Waals surface area contributed by atoms with Crippen LogP contribution in [0.4, 0.5) is 5.69 Å². The Hall–Kier alpha value is -2.26. The van der Waals surface area contributed by atoms with E-state index in [-0.39, 0.29) is 11.9 Å². The van der Waals surface area contributed by atoms with E-state index in [2.05, 4.69) is 29.8 Å². The number of carbonyl (C=O) groups excluding carboxylic acids is 1. The van der Waals surface area contributed by atoms with Crippen molar-refractivity contribution in [2.75, 3.05) is 11.9 Å². The zero-order valence-corrected chi connectivity index (χ0v) is 15.4. The third-order valence-electron chi connectivity index (χ3n) is 4.64. The molecule has 2 aromatic rings. The summed E-state index contributed by atoms with van der Waals surface area (Å²) in [6.45, 7) is 9.28. The molecule has 1 heterocycles. The van der Waals surface area contributed by atoms with Gasteiger partial charge in [-0.15, -0.1) is 0 Å². The van der Waals surface area contributed by atoms with E-state index in [0.29, 0.717) is 0 Å². The Kier molecular flexibility index (Phi) is 5.14. The van der Waals surface area contributed by atoms with Gasteiger partial charge in [0, 0.05) is 22.8 Å². The summed E-state index contributed by atoms with van der Waals surface area (Å²) < 4.78 is 0. The fraction of sp³-hybridized carbons (Fsp3) is 0.286. The predicted octanol–water partition coefficient (Wildman–Crippen LogP) is 5.42. The number of anilines is 1. The number of nitrogens with one attached hydrogen (secondary N) is 1. The highest BCUT2D eigenvalue weighted by Gasteiger charge is 2.30. The number of carbonyl (C=O) groups is 1. The maximum atomic E-state index is 12.6. The van der Waals surface area contributed by atoms with Crippen molar-refractivity contribution in [3.63, 3.8) is 0 Å². The maximum Gasteiger partial charge on any atom is 0.247 e. The van der Waals surface area contributed by atoms with E-state index in [4.69, 9.17) is 11.6 Å². The molecule has 4 heteroatoms. The smallest absolute Gasteiger partial charge is 0.247 e. The van der Waals surface area contributed by atoms with Crippen molar-refractivity contribution in [3.8, 4) is 11.1 Å². The summed E-state index contributed by atoms with van der Waals surface area (Å²) in [4.78, 5) is 14.8. The van der Waals surface area contributed by atoms with Crippen LogP contribution in [0.25, 0.3) is 16.8 Å². The summed E-state index contributed by atoms with van der Waals surface area (Å²) in [5.74, 6) is 0.0371. The van der Waals surface area contributed by atoms with Gasteiger partial charge in [-0.25, -0.2) is 0 Å². The van der Waals surface area contributed by atoms with E-state index in [1.165, 1.54) is 0 Å². The predicted molar refractivity (Wildman–Crippen MR) is 106 cm³/mol. The number of fused-ring (bicyclic) bond motifs is 1. The Morgan fingerprint density at radius 3 is 2.44 bits per heavy atom. The molecule has 25 heavy (non-hydrogen) atoms. The van der Waals surface area contributed by atoms with E-state index in [0.717, 1.165) is 52.5 Å². The molecule has 0 bridgehead atoms. The molecule has 1 unspecified atom stereocenters. The number of benzene rings is 2. The highest BCUT2D eigenvalue weighted by molar-refractivity contribution is 6.30. The van der Waals surface area contributed by atoms with E-state index >= 15 is 0 Å². The molecule has 1 atom stereocenters. The number of amides is 1. The molecular formula is C21H23ClN2O. The number of hydrogen-bond acceptors (Lipinski definition) is 2. The molecule has 2 aromatic carbocycles. The number of nitrogens with zero attached hydrogens (tertiary/aromatic N) is 1. The Bertz CT molecular complexity index is 798. The summed E-state index contributed by atoms with van der Waals surface area (Å²) in [6, 6.07) is 13.7. The Morgan fingerprint density at radius 2 is 1.80 bits per heavy atom. The van der Waals surface area contributed by atoms with Gasteiger partial charge in [-0.05, 0) is 48.2 Å². The van der Waals surface area contributed by atoms with Gasteiger partial charge in [0.15, 0.2) is 0 Å². The van der Waals surface area contributed by atoms with Crippen LogP contribution < -0.4 is 5.32 Å². The second-order valence-corrected chi connectivity index (χ2v) is 6.76. The first kappa shape index (κ1) is 17.6. The first-order chi connectivity index (χ1) is 12.0. The lowest BCUT2D eigenvalue weighted by atomic mass is 10.00. The summed E-state index contributed by atoms with van der Waals surface area (Å²) in [5, 5.41) is 3.79. The first-order valence-electron chi connectivity index (χ1n) is 8.72. The summed E-state index contributed by atoms with van der Waals surface area (Å²) in [5.41, 5.74) is 4.87. The lowest BCUT2D eigenvalue weighted by molar-refractivity contribution is -0.120. The second-order valence-electron chi connectivity index (χ2n) is 6.32. The Balaban J connectivity index is 2.06. The van der Waals surface area contributed by atoms with Crippen molar-refractivity contribution in [1.82, 2.24) is 4.90 Å². The van der Waals surface area contributed by atoms with Gasteiger partial charge in [-0.3, -0.25) is 4.79 Å². The third-order valence-corrected chi connectivity index (χ3v) is 4.89. The van der Waals surface area contributed by atoms with Gasteiger partial charge in [0.2, 0.25) is 5.91 Å². The van der Waals surface area contributed by atoms with Crippen LogP contribution in [0.1, 0.15) is 32.3 Å². The lowest BCUT2D eigenvalue weighted by Crippen LogP contribution is -2.40. The van der Waals surface area contributed by atoms with Crippen molar-refractivity contribution in [2.45, 2.75) is 32.7 Å². The van der Waals surface area contributed by atoms with Crippen LogP contribution in [0.5, 0.6) is 0 Å². The number of halogens is 1. The highest BCUT2D eigenvalue weighted by Crippen LogP contribution is 2.35. The van der Waals surface area contributed by atoms with Crippen LogP contribution >= 0.6 is 11.6 Å². The molecule has 0 aliphatic carbocycles. The molecule has 3 rings (SSSR count). The summed E-state index contributed by atoms with van der Waals surface area (Å²) >= 11 is 5.99. The van der Waals surface area contributed by atoms with Gasteiger partial charge >= 0.3 is 0 Å². The molecule has 0 saturated carbocycles. The number of hydrogen-bond donors (Lipinski definition) is 1. The van der Waals surface area contributed by atoms with Crippen molar-refractivity contribution in [2.24, 2.45) is 0 Å². The number of rotatable bonds is 4. The zero-order valence-electron chi connectivity index (χ0n) is 14.7. The normalized spacial score (nSPS) is 17.1. The molecule has 1 N–H and O–H groups in total. The molecular weight excluding hydrogens is 332 g/mol. The SMILES string of the molecule is C=C1c2cc(-c3ccc(Cl)cc3)ccc2NC(=O)C(CC)N1CCC. The van der Waals surface area contributed by atoms with Crippen LogP contribution in [0, 0.1) is 0 Å². The molecule has 1 aliphatic rings. The van der Waals surface area contributed by atoms with Gasteiger partial charge in [0.05, 0.1) is 5.69 Å². The van der Waals surface area contributed by atoms with Crippen molar-refractivity contribution < 1.29 is 4.79 Å². The lowest BCUT2D eigenvalue weighted by Gasteiger charge is -2.31. The molecule has 3 nitrogen and oxygen atoms in total. The van der Waals surface area contributed by atoms with Crippen molar-refractivity contribution >= 4 is 28.9 Å². The standard InChI is InChI=1S/C21H23ClN2O/c1-4-12-24-14(3)18-13-16(15-6-9-17(22)10-7-15)8-11-19(18)23-21(25)20(24)5-2/h6-11,13,20H,3-5,12H2,1-2H3,(H,23,25). The average molecular weight is 355 g/mol. The van der Waals surface area contributed by atoms with Gasteiger partial charge in [0.1, 0.15) is 6.04 Å².